The van der Waals surface area contributed by atoms with E-state index in [4.69, 9.17) is 5.11 Å². The van der Waals surface area contributed by atoms with E-state index in [0.29, 0.717) is 38.5 Å². The zero-order valence-corrected chi connectivity index (χ0v) is 11.6. The number of likely N-dealkylation sites (tertiary alicyclic amines) is 1. The first-order valence-corrected chi connectivity index (χ1v) is 7.30. The van der Waals surface area contributed by atoms with Gasteiger partial charge in [-0.15, -0.1) is 0 Å². The fourth-order valence-electron chi connectivity index (χ4n) is 3.11. The van der Waals surface area contributed by atoms with E-state index < -0.39 is 5.97 Å². The van der Waals surface area contributed by atoms with Crippen molar-refractivity contribution in [2.45, 2.75) is 45.1 Å². The minimum absolute atomic E-state index is 0.114. The van der Waals surface area contributed by atoms with Crippen molar-refractivity contribution in [2.24, 2.45) is 11.8 Å². The molecule has 0 aromatic heterocycles. The molecular weight excluding hydrogens is 244 g/mol. The van der Waals surface area contributed by atoms with Crippen molar-refractivity contribution >= 4 is 11.9 Å². The van der Waals surface area contributed by atoms with Gasteiger partial charge >= 0.3 is 5.97 Å². The number of piperidine rings is 1. The first-order valence-electron chi connectivity index (χ1n) is 7.30. The Morgan fingerprint density at radius 1 is 1.21 bits per heavy atom. The van der Waals surface area contributed by atoms with Gasteiger partial charge in [0.25, 0.3) is 0 Å². The van der Waals surface area contributed by atoms with Gasteiger partial charge in [0.2, 0.25) is 5.91 Å². The molecule has 1 heterocycles. The Balaban J connectivity index is 1.68. The SMILES string of the molecule is CC1CCC(NCC(=O)N2CCC(C(=O)O)CC2)C1. The second kappa shape index (κ2) is 6.37. The average Bonchev–Trinajstić information content (AvgIpc) is 2.82. The van der Waals surface area contributed by atoms with Crippen molar-refractivity contribution in [1.29, 1.82) is 0 Å². The van der Waals surface area contributed by atoms with Crippen LogP contribution in [-0.4, -0.2) is 47.6 Å². The van der Waals surface area contributed by atoms with Gasteiger partial charge in [-0.3, -0.25) is 9.59 Å². The Bertz CT molecular complexity index is 338. The number of carboxylic acids is 1. The molecule has 19 heavy (non-hydrogen) atoms. The van der Waals surface area contributed by atoms with E-state index in [9.17, 15) is 9.59 Å². The van der Waals surface area contributed by atoms with Crippen LogP contribution in [0.15, 0.2) is 0 Å². The Morgan fingerprint density at radius 3 is 2.42 bits per heavy atom. The van der Waals surface area contributed by atoms with Gasteiger partial charge in [0.05, 0.1) is 12.5 Å². The maximum absolute atomic E-state index is 12.0. The van der Waals surface area contributed by atoms with Gasteiger partial charge in [0.15, 0.2) is 0 Å². The van der Waals surface area contributed by atoms with Gasteiger partial charge in [-0.2, -0.15) is 0 Å². The smallest absolute Gasteiger partial charge is 0.306 e. The average molecular weight is 268 g/mol. The highest BCUT2D eigenvalue weighted by molar-refractivity contribution is 5.79. The van der Waals surface area contributed by atoms with Crippen LogP contribution in [0.5, 0.6) is 0 Å². The van der Waals surface area contributed by atoms with Gasteiger partial charge in [-0.1, -0.05) is 6.92 Å². The Hall–Kier alpha value is -1.10. The highest BCUT2D eigenvalue weighted by atomic mass is 16.4. The van der Waals surface area contributed by atoms with E-state index in [2.05, 4.69) is 12.2 Å². The maximum atomic E-state index is 12.0. The summed E-state index contributed by atoms with van der Waals surface area (Å²) in [6.07, 6.45) is 4.74. The summed E-state index contributed by atoms with van der Waals surface area (Å²) in [4.78, 5) is 24.7. The Labute approximate surface area is 114 Å². The predicted molar refractivity (Wildman–Crippen MR) is 71.7 cm³/mol. The third kappa shape index (κ3) is 3.93. The minimum Gasteiger partial charge on any atom is -0.481 e. The van der Waals surface area contributed by atoms with Crippen molar-refractivity contribution < 1.29 is 14.7 Å². The monoisotopic (exact) mass is 268 g/mol. The lowest BCUT2D eigenvalue weighted by Crippen LogP contribution is -2.45. The van der Waals surface area contributed by atoms with E-state index in [0.717, 1.165) is 18.8 Å². The molecule has 2 aliphatic rings. The fourth-order valence-corrected chi connectivity index (χ4v) is 3.11. The summed E-state index contributed by atoms with van der Waals surface area (Å²) in [6.45, 7) is 3.81. The van der Waals surface area contributed by atoms with E-state index in [1.807, 2.05) is 0 Å². The fraction of sp³-hybridized carbons (Fsp3) is 0.857. The first kappa shape index (κ1) is 14.3. The lowest BCUT2D eigenvalue weighted by molar-refractivity contribution is -0.145. The number of carbonyl (C=O) groups excluding carboxylic acids is 1. The highest BCUT2D eigenvalue weighted by Crippen LogP contribution is 2.24. The van der Waals surface area contributed by atoms with Crippen LogP contribution in [0.25, 0.3) is 0 Å². The zero-order valence-electron chi connectivity index (χ0n) is 11.6. The van der Waals surface area contributed by atoms with E-state index in [-0.39, 0.29) is 11.8 Å². The van der Waals surface area contributed by atoms with Crippen molar-refractivity contribution in [2.75, 3.05) is 19.6 Å². The Morgan fingerprint density at radius 2 is 1.89 bits per heavy atom. The second-order valence-corrected chi connectivity index (χ2v) is 5.99. The molecule has 2 N–H and O–H groups in total. The summed E-state index contributed by atoms with van der Waals surface area (Å²) in [7, 11) is 0. The summed E-state index contributed by atoms with van der Waals surface area (Å²) in [5, 5.41) is 12.3. The molecule has 0 aromatic carbocycles. The summed E-state index contributed by atoms with van der Waals surface area (Å²) in [6, 6.07) is 0.482. The summed E-state index contributed by atoms with van der Waals surface area (Å²) in [5.41, 5.74) is 0. The number of carboxylic acid groups (broad SMARTS) is 1. The molecule has 2 rings (SSSR count). The number of aliphatic carboxylic acids is 1. The molecule has 1 amide bonds. The summed E-state index contributed by atoms with van der Waals surface area (Å²) in [5.74, 6) is -0.125. The Kier molecular flexibility index (Phi) is 4.80. The molecule has 1 aliphatic carbocycles. The quantitative estimate of drug-likeness (QED) is 0.800. The third-order valence-corrected chi connectivity index (χ3v) is 4.43. The van der Waals surface area contributed by atoms with E-state index in [1.54, 1.807) is 4.90 Å². The molecule has 0 spiro atoms. The third-order valence-electron chi connectivity index (χ3n) is 4.43. The van der Waals surface area contributed by atoms with Crippen LogP contribution in [0.1, 0.15) is 39.0 Å². The molecule has 5 heteroatoms. The molecule has 108 valence electrons. The van der Waals surface area contributed by atoms with Crippen LogP contribution in [0.4, 0.5) is 0 Å². The molecule has 1 saturated heterocycles. The lowest BCUT2D eigenvalue weighted by Gasteiger charge is -2.30. The topological polar surface area (TPSA) is 69.6 Å². The standard InChI is InChI=1S/C14H24N2O3/c1-10-2-3-12(8-10)15-9-13(17)16-6-4-11(5-7-16)14(18)19/h10-12,15H,2-9H2,1H3,(H,18,19). The molecule has 2 atom stereocenters. The number of hydrogen-bond donors (Lipinski definition) is 2. The predicted octanol–water partition coefficient (Wildman–Crippen LogP) is 1.09. The van der Waals surface area contributed by atoms with Crippen LogP contribution < -0.4 is 5.32 Å². The number of hydrogen-bond acceptors (Lipinski definition) is 3. The molecule has 2 fully saturated rings. The molecule has 1 aliphatic heterocycles. The second-order valence-electron chi connectivity index (χ2n) is 5.99. The van der Waals surface area contributed by atoms with E-state index >= 15 is 0 Å². The number of carbonyl (C=O) groups is 2. The largest absolute Gasteiger partial charge is 0.481 e. The van der Waals surface area contributed by atoms with E-state index in [1.165, 1.54) is 6.42 Å². The molecular formula is C14H24N2O3. The number of nitrogens with one attached hydrogen (secondary N) is 1. The van der Waals surface area contributed by atoms with Crippen LogP contribution in [-0.2, 0) is 9.59 Å². The van der Waals surface area contributed by atoms with Gasteiger partial charge < -0.3 is 15.3 Å². The van der Waals surface area contributed by atoms with Gasteiger partial charge in [0, 0.05) is 19.1 Å². The van der Waals surface area contributed by atoms with Crippen LogP contribution in [0, 0.1) is 11.8 Å². The number of rotatable bonds is 4. The van der Waals surface area contributed by atoms with Gasteiger partial charge in [-0.25, -0.2) is 0 Å². The van der Waals surface area contributed by atoms with Crippen molar-refractivity contribution in [3.05, 3.63) is 0 Å². The molecule has 5 nitrogen and oxygen atoms in total. The zero-order chi connectivity index (χ0) is 13.8. The maximum Gasteiger partial charge on any atom is 0.306 e. The number of nitrogens with zero attached hydrogens (tertiary/aromatic N) is 1. The lowest BCUT2D eigenvalue weighted by atomic mass is 9.97. The summed E-state index contributed by atoms with van der Waals surface area (Å²) >= 11 is 0. The normalized spacial score (nSPS) is 28.6. The van der Waals surface area contributed by atoms with Crippen LogP contribution in [0.3, 0.4) is 0 Å². The number of amides is 1. The molecule has 0 aromatic rings. The minimum atomic E-state index is -0.731. The molecule has 2 unspecified atom stereocenters. The van der Waals surface area contributed by atoms with Gasteiger partial charge in [-0.05, 0) is 38.0 Å². The summed E-state index contributed by atoms with van der Waals surface area (Å²) < 4.78 is 0. The van der Waals surface area contributed by atoms with Crippen LogP contribution >= 0.6 is 0 Å². The van der Waals surface area contributed by atoms with Crippen molar-refractivity contribution in [3.63, 3.8) is 0 Å². The van der Waals surface area contributed by atoms with Crippen molar-refractivity contribution in [3.8, 4) is 0 Å². The molecule has 0 radical (unpaired) electrons. The van der Waals surface area contributed by atoms with Gasteiger partial charge in [0.1, 0.15) is 0 Å². The molecule has 1 saturated carbocycles. The van der Waals surface area contributed by atoms with Crippen LogP contribution in [0.2, 0.25) is 0 Å². The molecule has 0 bridgehead atoms. The van der Waals surface area contributed by atoms with Crippen molar-refractivity contribution in [1.82, 2.24) is 10.2 Å². The first-order chi connectivity index (χ1) is 9.06. The highest BCUT2D eigenvalue weighted by Gasteiger charge is 2.27.